The molecular weight excluding hydrogens is 386 g/mol. The zero-order valence-electron chi connectivity index (χ0n) is 17.2. The predicted molar refractivity (Wildman–Crippen MR) is 112 cm³/mol. The van der Waals surface area contributed by atoms with Crippen molar-refractivity contribution >= 4 is 22.9 Å². The summed E-state index contributed by atoms with van der Waals surface area (Å²) in [6.07, 6.45) is 0. The highest BCUT2D eigenvalue weighted by Crippen LogP contribution is 2.26. The van der Waals surface area contributed by atoms with Gasteiger partial charge in [0.15, 0.2) is 0 Å². The maximum Gasteiger partial charge on any atom is 0.242 e. The third kappa shape index (κ3) is 3.52. The van der Waals surface area contributed by atoms with E-state index < -0.39 is 0 Å². The first kappa shape index (κ1) is 19.0. The SMILES string of the molecule is COc1ccc2nc(C)n(-c3nc(N4CCOCC4)nc(N4CCOCC4)n3)c2c1. The van der Waals surface area contributed by atoms with Crippen LogP contribution in [0.3, 0.4) is 0 Å². The van der Waals surface area contributed by atoms with E-state index >= 15 is 0 Å². The molecule has 2 aromatic heterocycles. The maximum atomic E-state index is 5.50. The minimum atomic E-state index is 0.557. The summed E-state index contributed by atoms with van der Waals surface area (Å²) in [4.78, 5) is 23.4. The molecule has 158 valence electrons. The molecule has 10 nitrogen and oxygen atoms in total. The number of methoxy groups -OCH3 is 1. The van der Waals surface area contributed by atoms with Crippen LogP contribution in [0.5, 0.6) is 5.75 Å². The van der Waals surface area contributed by atoms with Crippen LogP contribution < -0.4 is 14.5 Å². The van der Waals surface area contributed by atoms with Crippen LogP contribution in [0.2, 0.25) is 0 Å². The molecule has 0 atom stereocenters. The van der Waals surface area contributed by atoms with E-state index in [0.717, 1.165) is 48.8 Å². The second kappa shape index (κ2) is 8.04. The summed E-state index contributed by atoms with van der Waals surface area (Å²) in [5.74, 6) is 3.45. The summed E-state index contributed by atoms with van der Waals surface area (Å²) in [5, 5.41) is 0. The van der Waals surface area contributed by atoms with Crippen LogP contribution in [-0.2, 0) is 9.47 Å². The summed E-state index contributed by atoms with van der Waals surface area (Å²) < 4.78 is 18.4. The molecule has 0 unspecified atom stereocenters. The highest BCUT2D eigenvalue weighted by atomic mass is 16.5. The van der Waals surface area contributed by atoms with Crippen molar-refractivity contribution in [1.82, 2.24) is 24.5 Å². The van der Waals surface area contributed by atoms with E-state index in [4.69, 9.17) is 29.2 Å². The zero-order valence-corrected chi connectivity index (χ0v) is 17.2. The van der Waals surface area contributed by atoms with Gasteiger partial charge in [-0.2, -0.15) is 15.0 Å². The number of fused-ring (bicyclic) bond motifs is 1. The van der Waals surface area contributed by atoms with Gasteiger partial charge in [-0.25, -0.2) is 4.98 Å². The summed E-state index contributed by atoms with van der Waals surface area (Å²) in [6, 6.07) is 5.82. The van der Waals surface area contributed by atoms with E-state index in [1.54, 1.807) is 7.11 Å². The number of aromatic nitrogens is 5. The molecule has 4 heterocycles. The van der Waals surface area contributed by atoms with Gasteiger partial charge in [0.05, 0.1) is 44.6 Å². The van der Waals surface area contributed by atoms with E-state index in [9.17, 15) is 0 Å². The van der Waals surface area contributed by atoms with Crippen molar-refractivity contribution < 1.29 is 14.2 Å². The van der Waals surface area contributed by atoms with Gasteiger partial charge >= 0.3 is 0 Å². The van der Waals surface area contributed by atoms with Gasteiger partial charge in [-0.1, -0.05) is 0 Å². The van der Waals surface area contributed by atoms with E-state index in [1.165, 1.54) is 0 Å². The van der Waals surface area contributed by atoms with E-state index in [1.807, 2.05) is 29.7 Å². The van der Waals surface area contributed by atoms with Gasteiger partial charge in [0.2, 0.25) is 17.8 Å². The lowest BCUT2D eigenvalue weighted by atomic mass is 10.3. The number of aryl methyl sites for hydroxylation is 1. The lowest BCUT2D eigenvalue weighted by Gasteiger charge is -2.30. The number of anilines is 2. The van der Waals surface area contributed by atoms with Crippen molar-refractivity contribution in [2.75, 3.05) is 69.5 Å². The fraction of sp³-hybridized carbons (Fsp3) is 0.500. The van der Waals surface area contributed by atoms with Crippen LogP contribution in [0.4, 0.5) is 11.9 Å². The molecule has 0 N–H and O–H groups in total. The van der Waals surface area contributed by atoms with Crippen molar-refractivity contribution in [3.63, 3.8) is 0 Å². The number of rotatable bonds is 4. The molecule has 5 rings (SSSR count). The molecule has 0 amide bonds. The summed E-state index contributed by atoms with van der Waals surface area (Å²) in [6.45, 7) is 7.63. The smallest absolute Gasteiger partial charge is 0.242 e. The molecule has 2 fully saturated rings. The van der Waals surface area contributed by atoms with Gasteiger partial charge < -0.3 is 24.0 Å². The number of ether oxygens (including phenoxy) is 3. The average Bonchev–Trinajstić information content (AvgIpc) is 3.14. The van der Waals surface area contributed by atoms with Crippen molar-refractivity contribution in [1.29, 1.82) is 0 Å². The highest BCUT2D eigenvalue weighted by Gasteiger charge is 2.23. The molecule has 3 aromatic rings. The molecule has 2 saturated heterocycles. The van der Waals surface area contributed by atoms with Crippen LogP contribution in [-0.4, -0.2) is 84.2 Å². The Hall–Kier alpha value is -2.98. The van der Waals surface area contributed by atoms with Gasteiger partial charge in [-0.3, -0.25) is 4.57 Å². The number of hydrogen-bond acceptors (Lipinski definition) is 9. The third-order valence-electron chi connectivity index (χ3n) is 5.42. The maximum absolute atomic E-state index is 5.50. The third-order valence-corrected chi connectivity index (χ3v) is 5.42. The summed E-state index contributed by atoms with van der Waals surface area (Å²) in [7, 11) is 1.66. The number of hydrogen-bond donors (Lipinski definition) is 0. The van der Waals surface area contributed by atoms with Crippen LogP contribution in [0.1, 0.15) is 5.82 Å². The number of benzene rings is 1. The van der Waals surface area contributed by atoms with Gasteiger partial charge in [0.1, 0.15) is 11.6 Å². The lowest BCUT2D eigenvalue weighted by molar-refractivity contribution is 0.121. The monoisotopic (exact) mass is 411 g/mol. The van der Waals surface area contributed by atoms with Gasteiger partial charge in [0.25, 0.3) is 0 Å². The highest BCUT2D eigenvalue weighted by molar-refractivity contribution is 5.79. The molecule has 10 heteroatoms. The second-order valence-electron chi connectivity index (χ2n) is 7.28. The Kier molecular flexibility index (Phi) is 5.09. The average molecular weight is 411 g/mol. The normalized spacial score (nSPS) is 17.5. The molecule has 0 bridgehead atoms. The molecule has 1 aromatic carbocycles. The second-order valence-corrected chi connectivity index (χ2v) is 7.28. The van der Waals surface area contributed by atoms with Gasteiger partial charge in [-0.15, -0.1) is 0 Å². The topological polar surface area (TPSA) is 90.7 Å². The first-order valence-electron chi connectivity index (χ1n) is 10.2. The number of nitrogens with zero attached hydrogens (tertiary/aromatic N) is 7. The first-order valence-corrected chi connectivity index (χ1v) is 10.2. The van der Waals surface area contributed by atoms with Crippen molar-refractivity contribution in [2.24, 2.45) is 0 Å². The van der Waals surface area contributed by atoms with Crippen LogP contribution in [0.25, 0.3) is 17.0 Å². The van der Waals surface area contributed by atoms with Crippen LogP contribution in [0, 0.1) is 6.92 Å². The van der Waals surface area contributed by atoms with Crippen molar-refractivity contribution in [2.45, 2.75) is 6.92 Å². The molecule has 0 spiro atoms. The fourth-order valence-corrected chi connectivity index (χ4v) is 3.81. The summed E-state index contributed by atoms with van der Waals surface area (Å²) >= 11 is 0. The van der Waals surface area contributed by atoms with E-state index in [-0.39, 0.29) is 0 Å². The molecule has 2 aliphatic heterocycles. The standard InChI is InChI=1S/C20H25N7O3/c1-14-21-16-4-3-15(28-2)13-17(16)27(14)20-23-18(25-5-9-29-10-6-25)22-19(24-20)26-7-11-30-12-8-26/h3-4,13H,5-12H2,1-2H3. The van der Waals surface area contributed by atoms with Gasteiger partial charge in [-0.05, 0) is 19.1 Å². The Labute approximate surface area is 174 Å². The van der Waals surface area contributed by atoms with E-state index in [2.05, 4.69) is 14.8 Å². The first-order chi connectivity index (χ1) is 14.7. The van der Waals surface area contributed by atoms with Crippen LogP contribution >= 0.6 is 0 Å². The van der Waals surface area contributed by atoms with Gasteiger partial charge in [0, 0.05) is 32.2 Å². The number of imidazole rings is 1. The molecule has 30 heavy (non-hydrogen) atoms. The largest absolute Gasteiger partial charge is 0.497 e. The Morgan fingerprint density at radius 2 is 1.37 bits per heavy atom. The minimum absolute atomic E-state index is 0.557. The van der Waals surface area contributed by atoms with E-state index in [0.29, 0.717) is 44.3 Å². The molecular formula is C20H25N7O3. The summed E-state index contributed by atoms with van der Waals surface area (Å²) in [5.41, 5.74) is 1.77. The number of morpholine rings is 2. The minimum Gasteiger partial charge on any atom is -0.497 e. The molecule has 2 aliphatic rings. The van der Waals surface area contributed by atoms with Crippen molar-refractivity contribution in [3.8, 4) is 11.7 Å². The molecule has 0 radical (unpaired) electrons. The Morgan fingerprint density at radius 1 is 0.800 bits per heavy atom. The Balaban J connectivity index is 1.65. The zero-order chi connectivity index (χ0) is 20.5. The Bertz CT molecular complexity index is 1010. The molecule has 0 aliphatic carbocycles. The lowest BCUT2D eigenvalue weighted by Crippen LogP contribution is -2.40. The molecule has 0 saturated carbocycles. The quantitative estimate of drug-likeness (QED) is 0.628. The fourth-order valence-electron chi connectivity index (χ4n) is 3.81. The Morgan fingerprint density at radius 3 is 1.93 bits per heavy atom. The van der Waals surface area contributed by atoms with Crippen molar-refractivity contribution in [3.05, 3.63) is 24.0 Å². The van der Waals surface area contributed by atoms with Crippen LogP contribution in [0.15, 0.2) is 18.2 Å². The predicted octanol–water partition coefficient (Wildman–Crippen LogP) is 1.20.